The number of carbonyl (C=O) groups is 1. The average molecular weight is 258 g/mol. The minimum Gasteiger partial charge on any atom is -0.392 e. The number of aromatic nitrogens is 1. The second-order valence-electron chi connectivity index (χ2n) is 3.83. The molecular formula is C11H16ClN3O2. The van der Waals surface area contributed by atoms with Crippen LogP contribution < -0.4 is 5.32 Å². The second-order valence-corrected chi connectivity index (χ2v) is 4.24. The third kappa shape index (κ3) is 3.57. The molecular weight excluding hydrogens is 242 g/mol. The topological polar surface area (TPSA) is 65.5 Å². The highest BCUT2D eigenvalue weighted by Gasteiger charge is 2.17. The van der Waals surface area contributed by atoms with Crippen molar-refractivity contribution in [1.82, 2.24) is 9.88 Å². The molecule has 0 aromatic carbocycles. The molecule has 94 valence electrons. The molecule has 0 radical (unpaired) electrons. The first-order chi connectivity index (χ1) is 7.95. The number of carbonyl (C=O) groups excluding carboxylic acids is 1. The summed E-state index contributed by atoms with van der Waals surface area (Å²) in [6, 6.07) is 1.59. The highest BCUT2D eigenvalue weighted by atomic mass is 35.5. The lowest BCUT2D eigenvalue weighted by Crippen LogP contribution is -2.33. The van der Waals surface area contributed by atoms with E-state index in [1.54, 1.807) is 27.1 Å². The van der Waals surface area contributed by atoms with Crippen LogP contribution >= 0.6 is 11.6 Å². The van der Waals surface area contributed by atoms with Crippen LogP contribution in [0.3, 0.4) is 0 Å². The molecule has 17 heavy (non-hydrogen) atoms. The van der Waals surface area contributed by atoms with E-state index in [0.29, 0.717) is 16.4 Å². The fraction of sp³-hybridized carbons (Fsp3) is 0.455. The first kappa shape index (κ1) is 13.7. The number of amides is 1. The zero-order valence-corrected chi connectivity index (χ0v) is 10.8. The number of nitrogens with zero attached hydrogens (tertiary/aromatic N) is 2. The zero-order valence-electron chi connectivity index (χ0n) is 10.1. The molecule has 5 nitrogen and oxygen atoms in total. The van der Waals surface area contributed by atoms with Gasteiger partial charge < -0.3 is 15.3 Å². The minimum absolute atomic E-state index is 0.241. The van der Waals surface area contributed by atoms with E-state index >= 15 is 0 Å². The summed E-state index contributed by atoms with van der Waals surface area (Å²) in [6.07, 6.45) is 0.852. The second kappa shape index (κ2) is 5.84. The van der Waals surface area contributed by atoms with E-state index in [1.807, 2.05) is 0 Å². The van der Waals surface area contributed by atoms with E-state index in [2.05, 4.69) is 10.3 Å². The molecule has 0 spiro atoms. The van der Waals surface area contributed by atoms with Gasteiger partial charge in [0.1, 0.15) is 5.82 Å². The Bertz CT molecular complexity index is 410. The van der Waals surface area contributed by atoms with Crippen LogP contribution in [0.15, 0.2) is 12.3 Å². The van der Waals surface area contributed by atoms with Crippen molar-refractivity contribution in [3.8, 4) is 0 Å². The monoisotopic (exact) mass is 257 g/mol. The SMILES string of the molecule is CNc1cc(C(=O)N(C)CC(C)O)c(Cl)cn1. The molecule has 1 atom stereocenters. The summed E-state index contributed by atoms with van der Waals surface area (Å²) in [5.41, 5.74) is 0.370. The van der Waals surface area contributed by atoms with Crippen molar-refractivity contribution in [2.24, 2.45) is 0 Å². The Balaban J connectivity index is 2.94. The van der Waals surface area contributed by atoms with Crippen LogP contribution in [0.5, 0.6) is 0 Å². The molecule has 0 aliphatic rings. The number of pyridine rings is 1. The van der Waals surface area contributed by atoms with Gasteiger partial charge in [-0.1, -0.05) is 11.6 Å². The molecule has 1 heterocycles. The largest absolute Gasteiger partial charge is 0.392 e. The van der Waals surface area contributed by atoms with Gasteiger partial charge in [-0.15, -0.1) is 0 Å². The van der Waals surface area contributed by atoms with E-state index in [-0.39, 0.29) is 12.5 Å². The standard InChI is InChI=1S/C11H16ClN3O2/c1-7(16)6-15(3)11(17)8-4-10(13-2)14-5-9(8)12/h4-5,7,16H,6H2,1-3H3,(H,13,14). The first-order valence-corrected chi connectivity index (χ1v) is 5.60. The van der Waals surface area contributed by atoms with E-state index < -0.39 is 6.10 Å². The van der Waals surface area contributed by atoms with Crippen LogP contribution in [0, 0.1) is 0 Å². The summed E-state index contributed by atoms with van der Waals surface area (Å²) in [5.74, 6) is 0.331. The number of aliphatic hydroxyl groups is 1. The first-order valence-electron chi connectivity index (χ1n) is 5.22. The van der Waals surface area contributed by atoms with Crippen LogP contribution in [-0.4, -0.2) is 47.6 Å². The molecule has 1 rings (SSSR count). The number of likely N-dealkylation sites (N-methyl/N-ethyl adjacent to an activating group) is 1. The smallest absolute Gasteiger partial charge is 0.255 e. The quantitative estimate of drug-likeness (QED) is 0.852. The lowest BCUT2D eigenvalue weighted by Gasteiger charge is -2.19. The molecule has 1 aromatic rings. The molecule has 6 heteroatoms. The van der Waals surface area contributed by atoms with Crippen LogP contribution in [-0.2, 0) is 0 Å². The van der Waals surface area contributed by atoms with Crippen molar-refractivity contribution in [2.45, 2.75) is 13.0 Å². The number of nitrogens with one attached hydrogen (secondary N) is 1. The molecule has 2 N–H and O–H groups in total. The molecule has 0 saturated carbocycles. The molecule has 1 aromatic heterocycles. The van der Waals surface area contributed by atoms with Gasteiger partial charge in [0.2, 0.25) is 0 Å². The Morgan fingerprint density at radius 2 is 2.35 bits per heavy atom. The van der Waals surface area contributed by atoms with Gasteiger partial charge in [0.05, 0.1) is 16.7 Å². The maximum absolute atomic E-state index is 12.0. The van der Waals surface area contributed by atoms with Gasteiger partial charge in [-0.25, -0.2) is 4.98 Å². The van der Waals surface area contributed by atoms with Crippen molar-refractivity contribution in [3.63, 3.8) is 0 Å². The molecule has 1 unspecified atom stereocenters. The predicted molar refractivity (Wildman–Crippen MR) is 67.4 cm³/mol. The van der Waals surface area contributed by atoms with E-state index in [1.165, 1.54) is 11.1 Å². The predicted octanol–water partition coefficient (Wildman–Crippen LogP) is 1.23. The summed E-state index contributed by atoms with van der Waals surface area (Å²) in [6.45, 7) is 1.88. The number of rotatable bonds is 4. The van der Waals surface area contributed by atoms with Crippen LogP contribution in [0.25, 0.3) is 0 Å². The fourth-order valence-electron chi connectivity index (χ4n) is 1.42. The molecule has 1 amide bonds. The highest BCUT2D eigenvalue weighted by molar-refractivity contribution is 6.33. The van der Waals surface area contributed by atoms with Crippen LogP contribution in [0.2, 0.25) is 5.02 Å². The third-order valence-corrected chi connectivity index (χ3v) is 2.53. The van der Waals surface area contributed by atoms with Crippen LogP contribution in [0.1, 0.15) is 17.3 Å². The number of hydrogen-bond acceptors (Lipinski definition) is 4. The van der Waals surface area contributed by atoms with E-state index in [4.69, 9.17) is 11.6 Å². The molecule has 0 bridgehead atoms. The van der Waals surface area contributed by atoms with Crippen molar-refractivity contribution in [3.05, 3.63) is 22.8 Å². The van der Waals surface area contributed by atoms with Gasteiger partial charge in [-0.2, -0.15) is 0 Å². The molecule has 0 aliphatic heterocycles. The van der Waals surface area contributed by atoms with Crippen molar-refractivity contribution < 1.29 is 9.90 Å². The van der Waals surface area contributed by atoms with E-state index in [0.717, 1.165) is 0 Å². The van der Waals surface area contributed by atoms with Gasteiger partial charge >= 0.3 is 0 Å². The van der Waals surface area contributed by atoms with Gasteiger partial charge in [-0.05, 0) is 13.0 Å². The third-order valence-electron chi connectivity index (χ3n) is 2.23. The maximum atomic E-state index is 12.0. The van der Waals surface area contributed by atoms with Gasteiger partial charge in [0.25, 0.3) is 5.91 Å². The summed E-state index contributed by atoms with van der Waals surface area (Å²) in [5, 5.41) is 12.4. The zero-order chi connectivity index (χ0) is 13.0. The molecule has 0 aliphatic carbocycles. The van der Waals surface area contributed by atoms with Crippen molar-refractivity contribution >= 4 is 23.3 Å². The Morgan fingerprint density at radius 3 is 2.88 bits per heavy atom. The number of aliphatic hydroxyl groups excluding tert-OH is 1. The van der Waals surface area contributed by atoms with Gasteiger partial charge in [0.15, 0.2) is 0 Å². The van der Waals surface area contributed by atoms with Gasteiger partial charge in [0, 0.05) is 26.8 Å². The van der Waals surface area contributed by atoms with Gasteiger partial charge in [-0.3, -0.25) is 4.79 Å². The number of anilines is 1. The number of halogens is 1. The summed E-state index contributed by atoms with van der Waals surface area (Å²) in [7, 11) is 3.33. The maximum Gasteiger partial charge on any atom is 0.255 e. The van der Waals surface area contributed by atoms with Crippen molar-refractivity contribution in [1.29, 1.82) is 0 Å². The summed E-state index contributed by atoms with van der Waals surface area (Å²) < 4.78 is 0. The van der Waals surface area contributed by atoms with Crippen molar-refractivity contribution in [2.75, 3.05) is 26.0 Å². The Kier molecular flexibility index (Phi) is 4.72. The van der Waals surface area contributed by atoms with Crippen LogP contribution in [0.4, 0.5) is 5.82 Å². The number of hydrogen-bond donors (Lipinski definition) is 2. The normalized spacial score (nSPS) is 12.1. The average Bonchev–Trinajstić information content (AvgIpc) is 2.28. The minimum atomic E-state index is -0.576. The lowest BCUT2D eigenvalue weighted by molar-refractivity contribution is 0.0704. The summed E-state index contributed by atoms with van der Waals surface area (Å²) in [4.78, 5) is 17.5. The lowest BCUT2D eigenvalue weighted by atomic mass is 10.2. The molecule has 0 fully saturated rings. The van der Waals surface area contributed by atoms with E-state index in [9.17, 15) is 9.90 Å². The fourth-order valence-corrected chi connectivity index (χ4v) is 1.61. The highest BCUT2D eigenvalue weighted by Crippen LogP contribution is 2.19. The molecule has 0 saturated heterocycles. The Labute approximate surface area is 105 Å². The Morgan fingerprint density at radius 1 is 1.71 bits per heavy atom. The Hall–Kier alpha value is -1.33. The summed E-state index contributed by atoms with van der Waals surface area (Å²) >= 11 is 5.93.